The molecular weight excluding hydrogens is 909 g/mol. The Balaban J connectivity index is 0.000000196. The highest BCUT2D eigenvalue weighted by molar-refractivity contribution is 7.90. The summed E-state index contributed by atoms with van der Waals surface area (Å²) in [6.45, 7) is 11.8. The van der Waals surface area contributed by atoms with Crippen molar-refractivity contribution in [2.24, 2.45) is 11.3 Å². The molecule has 2 aromatic carbocycles. The van der Waals surface area contributed by atoms with Crippen LogP contribution in [0.1, 0.15) is 89.2 Å². The number of hydrogen-bond donors (Lipinski definition) is 4. The molecular formula is C46H53F6N7O5S2. The molecule has 0 saturated heterocycles. The van der Waals surface area contributed by atoms with E-state index in [2.05, 4.69) is 28.3 Å². The maximum absolute atomic E-state index is 13.6. The Hall–Kier alpha value is -5.18. The molecule has 5 N–H and O–H groups in total. The Labute approximate surface area is 379 Å². The number of hydrogen-bond acceptors (Lipinski definition) is 7. The summed E-state index contributed by atoms with van der Waals surface area (Å²) in [5, 5.41) is 0.904. The van der Waals surface area contributed by atoms with Gasteiger partial charge in [0, 0.05) is 77.6 Å². The predicted octanol–water partition coefficient (Wildman–Crippen LogP) is 9.58. The highest BCUT2D eigenvalue weighted by Gasteiger charge is 2.38. The lowest BCUT2D eigenvalue weighted by atomic mass is 9.96. The van der Waals surface area contributed by atoms with Crippen molar-refractivity contribution in [1.29, 1.82) is 0 Å². The lowest BCUT2D eigenvalue weighted by molar-refractivity contribution is -0.141. The Morgan fingerprint density at radius 3 is 1.73 bits per heavy atom. The number of nitrogen functional groups attached to an aromatic ring is 1. The molecule has 4 aromatic heterocycles. The zero-order valence-corrected chi connectivity index (χ0v) is 38.7. The van der Waals surface area contributed by atoms with Gasteiger partial charge in [-0.1, -0.05) is 65.3 Å². The Bertz CT molecular complexity index is 3050. The number of halogens is 6. The van der Waals surface area contributed by atoms with E-state index in [1.165, 1.54) is 18.2 Å². The third-order valence-corrected chi connectivity index (χ3v) is 15.4. The van der Waals surface area contributed by atoms with Gasteiger partial charge in [-0.25, -0.2) is 31.3 Å². The number of H-pyrrole nitrogens is 1. The number of aromatic amines is 1. The largest absolute Gasteiger partial charge is 0.434 e. The molecule has 6 aromatic rings. The van der Waals surface area contributed by atoms with Crippen molar-refractivity contribution in [3.05, 3.63) is 106 Å². The van der Waals surface area contributed by atoms with E-state index in [1.54, 1.807) is 36.4 Å². The minimum atomic E-state index is -4.72. The number of nitrogens with zero attached hydrogens (tertiary/aromatic N) is 3. The fraction of sp³-hybridized carbons (Fsp3) is 0.435. The topological polar surface area (TPSA) is 174 Å². The average molecular weight is 962 g/mol. The van der Waals surface area contributed by atoms with Gasteiger partial charge in [-0.15, -0.1) is 0 Å². The third-order valence-electron chi connectivity index (χ3n) is 11.6. The van der Waals surface area contributed by atoms with E-state index in [0.717, 1.165) is 39.9 Å². The van der Waals surface area contributed by atoms with Crippen LogP contribution in [-0.2, 0) is 58.6 Å². The molecule has 0 radical (unpaired) electrons. The molecule has 0 amide bonds. The van der Waals surface area contributed by atoms with E-state index >= 15 is 0 Å². The number of nitrogens with one attached hydrogen (secondary N) is 3. The first-order valence-electron chi connectivity index (χ1n) is 21.6. The maximum Gasteiger partial charge on any atom is 0.434 e. The number of pyridine rings is 2. The number of nitrogens with two attached hydrogens (primary N) is 1. The second-order valence-electron chi connectivity index (χ2n) is 18.5. The molecule has 1 unspecified atom stereocenters. The van der Waals surface area contributed by atoms with Crippen LogP contribution in [0.5, 0.6) is 0 Å². The van der Waals surface area contributed by atoms with Crippen LogP contribution in [0.15, 0.2) is 77.9 Å². The zero-order valence-electron chi connectivity index (χ0n) is 37.1. The van der Waals surface area contributed by atoms with Crippen molar-refractivity contribution >= 4 is 47.7 Å². The first-order chi connectivity index (χ1) is 30.7. The van der Waals surface area contributed by atoms with Crippen molar-refractivity contribution in [1.82, 2.24) is 28.5 Å². The minimum Gasteiger partial charge on any atom is -0.384 e. The lowest BCUT2D eigenvalue weighted by Crippen LogP contribution is -2.26. The van der Waals surface area contributed by atoms with E-state index < -0.39 is 49.3 Å². The smallest absolute Gasteiger partial charge is 0.384 e. The molecule has 2 aliphatic carbocycles. The van der Waals surface area contributed by atoms with E-state index in [-0.39, 0.29) is 45.9 Å². The summed E-state index contributed by atoms with van der Waals surface area (Å²) in [6.07, 6.45) is -2.03. The molecule has 0 bridgehead atoms. The van der Waals surface area contributed by atoms with Gasteiger partial charge >= 0.3 is 12.4 Å². The van der Waals surface area contributed by atoms with Crippen molar-refractivity contribution in [2.75, 3.05) is 5.73 Å². The van der Waals surface area contributed by atoms with Gasteiger partial charge in [0.05, 0.1) is 10.5 Å². The van der Waals surface area contributed by atoms with Gasteiger partial charge in [0.2, 0.25) is 25.6 Å². The number of aromatic nitrogens is 4. The molecule has 4 heterocycles. The van der Waals surface area contributed by atoms with Gasteiger partial charge in [-0.3, -0.25) is 4.79 Å². The fourth-order valence-corrected chi connectivity index (χ4v) is 10.5. The summed E-state index contributed by atoms with van der Waals surface area (Å²) in [7, 11) is -6.73. The van der Waals surface area contributed by atoms with Crippen molar-refractivity contribution in [2.45, 2.75) is 116 Å². The summed E-state index contributed by atoms with van der Waals surface area (Å²) < 4.78 is 140. The van der Waals surface area contributed by atoms with Gasteiger partial charge in [-0.2, -0.15) is 26.3 Å². The standard InChI is InChI=1S/C23H27F3N4O2S.C23H26F3N3O3S/c1-3-14(2)12-30-13-16(11-28-33(31,32)17-5-6-17)18-7-4-15(10-20(18)30)19-8-9-21(27)29-22(19)23(24,25)26;1-22(2,3)13-29-12-15(11-27-33(31,32)16-5-6-16)17-7-4-14(10-19(17)29)18-8-9-20(30)28-21(18)23(24,25)26/h4,7-10,13-14,17,28H,3,5-6,11-12H2,1-2H3,(H2,27,29);4,7-10,12,16,27H,5-6,11,13H2,1-3H3,(H,28,30). The van der Waals surface area contributed by atoms with Gasteiger partial charge in [-0.05, 0) is 89.6 Å². The number of sulfonamides is 2. The first-order valence-corrected chi connectivity index (χ1v) is 24.7. The molecule has 1 atom stereocenters. The van der Waals surface area contributed by atoms with Crippen LogP contribution in [0.2, 0.25) is 0 Å². The monoisotopic (exact) mass is 961 g/mol. The van der Waals surface area contributed by atoms with Crippen LogP contribution >= 0.6 is 0 Å². The molecule has 66 heavy (non-hydrogen) atoms. The van der Waals surface area contributed by atoms with E-state index in [9.17, 15) is 48.0 Å². The summed E-state index contributed by atoms with van der Waals surface area (Å²) in [4.78, 5) is 17.0. The summed E-state index contributed by atoms with van der Waals surface area (Å²) in [5.74, 6) is 0.140. The van der Waals surface area contributed by atoms with Crippen LogP contribution < -0.4 is 20.7 Å². The van der Waals surface area contributed by atoms with Gasteiger partial charge < -0.3 is 19.9 Å². The number of alkyl halides is 6. The number of benzene rings is 2. The summed E-state index contributed by atoms with van der Waals surface area (Å²) in [6, 6.07) is 14.9. The van der Waals surface area contributed by atoms with Crippen LogP contribution in [0.3, 0.4) is 0 Å². The molecule has 2 fully saturated rings. The highest BCUT2D eigenvalue weighted by Crippen LogP contribution is 2.40. The Kier molecular flexibility index (Phi) is 13.4. The molecule has 0 aliphatic heterocycles. The quantitative estimate of drug-likeness (QED) is 0.0787. The average Bonchev–Trinajstić information content (AvgIpc) is 4.18. The number of anilines is 1. The third kappa shape index (κ3) is 11.3. The zero-order chi connectivity index (χ0) is 48.1. The molecule has 12 nitrogen and oxygen atoms in total. The fourth-order valence-electron chi connectivity index (χ4n) is 7.82. The van der Waals surface area contributed by atoms with Crippen LogP contribution in [-0.4, -0.2) is 46.4 Å². The van der Waals surface area contributed by atoms with Crippen molar-refractivity contribution in [3.63, 3.8) is 0 Å². The van der Waals surface area contributed by atoms with Crippen LogP contribution in [0.4, 0.5) is 32.2 Å². The molecule has 356 valence electrons. The second kappa shape index (κ2) is 18.1. The molecule has 20 heteroatoms. The van der Waals surface area contributed by atoms with Crippen molar-refractivity contribution in [3.8, 4) is 22.3 Å². The van der Waals surface area contributed by atoms with E-state index in [0.29, 0.717) is 61.3 Å². The molecule has 0 spiro atoms. The Morgan fingerprint density at radius 2 is 1.24 bits per heavy atom. The Morgan fingerprint density at radius 1 is 0.742 bits per heavy atom. The highest BCUT2D eigenvalue weighted by atomic mass is 32.2. The second-order valence-corrected chi connectivity index (χ2v) is 22.6. The molecule has 2 aliphatic rings. The lowest BCUT2D eigenvalue weighted by Gasteiger charge is -2.20. The molecule has 2 saturated carbocycles. The van der Waals surface area contributed by atoms with Crippen LogP contribution in [0, 0.1) is 11.3 Å². The summed E-state index contributed by atoms with van der Waals surface area (Å²) in [5.41, 5.74) is 5.93. The normalized spacial score (nSPS) is 15.6. The summed E-state index contributed by atoms with van der Waals surface area (Å²) >= 11 is 0. The van der Waals surface area contributed by atoms with E-state index in [4.69, 9.17) is 5.73 Å². The van der Waals surface area contributed by atoms with E-state index in [1.807, 2.05) is 47.3 Å². The SMILES string of the molecule is CC(C)(C)Cn1cc(CNS(=O)(=O)C2CC2)c2ccc(-c3ccc(=O)[nH]c3C(F)(F)F)cc21.CCC(C)Cn1cc(CNS(=O)(=O)C2CC2)c2ccc(-c3ccc(N)nc3C(F)(F)F)cc21. The van der Waals surface area contributed by atoms with Gasteiger partial charge in [0.15, 0.2) is 5.69 Å². The number of fused-ring (bicyclic) bond motifs is 2. The minimum absolute atomic E-state index is 0.0501. The predicted molar refractivity (Wildman–Crippen MR) is 244 cm³/mol. The first kappa shape index (κ1) is 48.7. The number of rotatable bonds is 14. The van der Waals surface area contributed by atoms with Gasteiger partial charge in [0.1, 0.15) is 11.5 Å². The maximum atomic E-state index is 13.6. The molecule has 8 rings (SSSR count). The van der Waals surface area contributed by atoms with Crippen molar-refractivity contribution < 1.29 is 43.2 Å². The van der Waals surface area contributed by atoms with Crippen LogP contribution in [0.25, 0.3) is 44.1 Å². The van der Waals surface area contributed by atoms with Gasteiger partial charge in [0.25, 0.3) is 0 Å².